The zero-order valence-corrected chi connectivity index (χ0v) is 13.8. The lowest BCUT2D eigenvalue weighted by atomic mass is 10.2. The number of halogens is 2. The second-order valence-corrected chi connectivity index (χ2v) is 6.64. The van der Waals surface area contributed by atoms with E-state index in [9.17, 15) is 8.42 Å². The van der Waals surface area contributed by atoms with Crippen molar-refractivity contribution in [2.24, 2.45) is 5.10 Å². The number of hydrogen-bond acceptors (Lipinski definition) is 4. The Morgan fingerprint density at radius 3 is 2.59 bits per heavy atom. The van der Waals surface area contributed by atoms with Gasteiger partial charge >= 0.3 is 0 Å². The number of sulfonamides is 1. The van der Waals surface area contributed by atoms with Crippen molar-refractivity contribution in [3.63, 3.8) is 0 Å². The van der Waals surface area contributed by atoms with E-state index in [0.29, 0.717) is 10.6 Å². The van der Waals surface area contributed by atoms with E-state index in [1.54, 1.807) is 24.3 Å². The zero-order chi connectivity index (χ0) is 16.2. The summed E-state index contributed by atoms with van der Waals surface area (Å²) < 4.78 is 29.5. The van der Waals surface area contributed by atoms with Gasteiger partial charge in [-0.3, -0.25) is 0 Å². The highest BCUT2D eigenvalue weighted by molar-refractivity contribution is 7.89. The molecule has 0 fully saturated rings. The maximum Gasteiger partial charge on any atom is 0.280 e. The SMILES string of the molecule is COc1ccc(Cl)cc1S(=O)(=O)N/N=C/c1ccccc1Cl. The number of ether oxygens (including phenoxy) is 1. The summed E-state index contributed by atoms with van der Waals surface area (Å²) in [6.45, 7) is 0. The molecule has 0 heterocycles. The largest absolute Gasteiger partial charge is 0.495 e. The third kappa shape index (κ3) is 3.91. The standard InChI is InChI=1S/C14H12Cl2N2O3S/c1-21-13-7-6-11(15)8-14(13)22(19,20)18-17-9-10-4-2-3-5-12(10)16/h2-9,18H,1H3/b17-9+. The lowest BCUT2D eigenvalue weighted by Gasteiger charge is -2.09. The summed E-state index contributed by atoms with van der Waals surface area (Å²) in [5.74, 6) is 0.171. The molecule has 0 unspecified atom stereocenters. The van der Waals surface area contributed by atoms with E-state index >= 15 is 0 Å². The van der Waals surface area contributed by atoms with E-state index < -0.39 is 10.0 Å². The fourth-order valence-corrected chi connectivity index (χ4v) is 3.06. The first-order valence-corrected chi connectivity index (χ1v) is 8.31. The normalized spacial score (nSPS) is 11.6. The molecule has 22 heavy (non-hydrogen) atoms. The Bertz CT molecular complexity index is 807. The lowest BCUT2D eigenvalue weighted by Crippen LogP contribution is -2.19. The molecular weight excluding hydrogens is 347 g/mol. The van der Waals surface area contributed by atoms with Crippen molar-refractivity contribution in [2.75, 3.05) is 7.11 Å². The second kappa shape index (κ2) is 7.00. The molecule has 2 aromatic carbocycles. The van der Waals surface area contributed by atoms with Gasteiger partial charge in [0.1, 0.15) is 10.6 Å². The lowest BCUT2D eigenvalue weighted by molar-refractivity contribution is 0.402. The van der Waals surface area contributed by atoms with Gasteiger partial charge in [-0.2, -0.15) is 18.4 Å². The van der Waals surface area contributed by atoms with Gasteiger partial charge in [0.2, 0.25) is 0 Å². The maximum atomic E-state index is 12.2. The van der Waals surface area contributed by atoms with Crippen molar-refractivity contribution in [1.82, 2.24) is 4.83 Å². The molecule has 0 aliphatic carbocycles. The molecular formula is C14H12Cl2N2O3S. The quantitative estimate of drug-likeness (QED) is 0.658. The molecule has 0 amide bonds. The van der Waals surface area contributed by atoms with Gasteiger partial charge in [0, 0.05) is 15.6 Å². The highest BCUT2D eigenvalue weighted by atomic mass is 35.5. The Morgan fingerprint density at radius 1 is 1.18 bits per heavy atom. The van der Waals surface area contributed by atoms with Crippen LogP contribution in [0.2, 0.25) is 10.0 Å². The third-order valence-electron chi connectivity index (χ3n) is 2.70. The fourth-order valence-electron chi connectivity index (χ4n) is 1.65. The Balaban J connectivity index is 2.25. The Kier molecular flexibility index (Phi) is 5.28. The van der Waals surface area contributed by atoms with Gasteiger partial charge in [-0.1, -0.05) is 41.4 Å². The van der Waals surface area contributed by atoms with Crippen molar-refractivity contribution < 1.29 is 13.2 Å². The number of hydrogen-bond donors (Lipinski definition) is 1. The summed E-state index contributed by atoms with van der Waals surface area (Å²) in [7, 11) is -2.54. The zero-order valence-electron chi connectivity index (χ0n) is 11.5. The number of hydrazone groups is 1. The van der Waals surface area contributed by atoms with Crippen molar-refractivity contribution in [3.8, 4) is 5.75 Å². The van der Waals surface area contributed by atoms with E-state index in [-0.39, 0.29) is 15.7 Å². The van der Waals surface area contributed by atoms with Crippen LogP contribution in [0.25, 0.3) is 0 Å². The predicted octanol–water partition coefficient (Wildman–Crippen LogP) is 3.31. The van der Waals surface area contributed by atoms with Crippen LogP contribution in [0.3, 0.4) is 0 Å². The molecule has 0 atom stereocenters. The first-order chi connectivity index (χ1) is 10.4. The van der Waals surface area contributed by atoms with E-state index in [0.717, 1.165) is 0 Å². The predicted molar refractivity (Wildman–Crippen MR) is 87.4 cm³/mol. The molecule has 1 N–H and O–H groups in total. The van der Waals surface area contributed by atoms with Crippen LogP contribution in [0.15, 0.2) is 52.5 Å². The molecule has 2 rings (SSSR count). The molecule has 2 aromatic rings. The topological polar surface area (TPSA) is 67.8 Å². The van der Waals surface area contributed by atoms with Crippen molar-refractivity contribution >= 4 is 39.4 Å². The second-order valence-electron chi connectivity index (χ2n) is 4.17. The van der Waals surface area contributed by atoms with Crippen LogP contribution < -0.4 is 9.57 Å². The third-order valence-corrected chi connectivity index (χ3v) is 4.52. The highest BCUT2D eigenvalue weighted by Crippen LogP contribution is 2.26. The molecule has 116 valence electrons. The van der Waals surface area contributed by atoms with Crippen LogP contribution in [0.4, 0.5) is 0 Å². The summed E-state index contributed by atoms with van der Waals surface area (Å²) >= 11 is 11.8. The molecule has 0 radical (unpaired) electrons. The molecule has 8 heteroatoms. The minimum Gasteiger partial charge on any atom is -0.495 e. The Hall–Kier alpha value is -1.76. The first-order valence-electron chi connectivity index (χ1n) is 6.07. The summed E-state index contributed by atoms with van der Waals surface area (Å²) in [5, 5.41) is 4.45. The summed E-state index contributed by atoms with van der Waals surface area (Å²) in [5.41, 5.74) is 0.588. The number of benzene rings is 2. The van der Waals surface area contributed by atoms with Crippen LogP contribution in [-0.4, -0.2) is 21.7 Å². The average Bonchev–Trinajstić information content (AvgIpc) is 2.49. The van der Waals surface area contributed by atoms with E-state index in [1.165, 1.54) is 31.5 Å². The minimum absolute atomic E-state index is 0.0983. The van der Waals surface area contributed by atoms with Crippen LogP contribution >= 0.6 is 23.2 Å². The van der Waals surface area contributed by atoms with Crippen molar-refractivity contribution in [2.45, 2.75) is 4.90 Å². The molecule has 0 spiro atoms. The van der Waals surface area contributed by atoms with Crippen LogP contribution in [-0.2, 0) is 10.0 Å². The summed E-state index contributed by atoms with van der Waals surface area (Å²) in [4.78, 5) is 2.00. The minimum atomic E-state index is -3.91. The summed E-state index contributed by atoms with van der Waals surface area (Å²) in [6.07, 6.45) is 1.32. The summed E-state index contributed by atoms with van der Waals surface area (Å²) in [6, 6.07) is 11.2. The molecule has 0 bridgehead atoms. The number of methoxy groups -OCH3 is 1. The molecule has 0 aliphatic heterocycles. The van der Waals surface area contributed by atoms with E-state index in [1.807, 2.05) is 0 Å². The van der Waals surface area contributed by atoms with E-state index in [2.05, 4.69) is 9.93 Å². The number of rotatable bonds is 5. The Labute approximate surface area is 138 Å². The first kappa shape index (κ1) is 16.6. The van der Waals surface area contributed by atoms with Crippen LogP contribution in [0.5, 0.6) is 5.75 Å². The fraction of sp³-hybridized carbons (Fsp3) is 0.0714. The van der Waals surface area contributed by atoms with Crippen LogP contribution in [0, 0.1) is 0 Å². The van der Waals surface area contributed by atoms with Gasteiger partial charge in [0.25, 0.3) is 10.0 Å². The van der Waals surface area contributed by atoms with Crippen LogP contribution in [0.1, 0.15) is 5.56 Å². The molecule has 5 nitrogen and oxygen atoms in total. The van der Waals surface area contributed by atoms with Gasteiger partial charge in [-0.15, -0.1) is 0 Å². The van der Waals surface area contributed by atoms with Crippen molar-refractivity contribution in [3.05, 3.63) is 58.1 Å². The van der Waals surface area contributed by atoms with Gasteiger partial charge in [-0.25, -0.2) is 0 Å². The monoisotopic (exact) mass is 358 g/mol. The van der Waals surface area contributed by atoms with E-state index in [4.69, 9.17) is 27.9 Å². The van der Waals surface area contributed by atoms with Crippen molar-refractivity contribution in [1.29, 1.82) is 0 Å². The molecule has 0 saturated heterocycles. The Morgan fingerprint density at radius 2 is 1.91 bits per heavy atom. The van der Waals surface area contributed by atoms with Gasteiger partial charge in [0.15, 0.2) is 0 Å². The molecule has 0 aromatic heterocycles. The molecule has 0 aliphatic rings. The number of nitrogens with zero attached hydrogens (tertiary/aromatic N) is 1. The average molecular weight is 359 g/mol. The highest BCUT2D eigenvalue weighted by Gasteiger charge is 2.19. The number of nitrogens with one attached hydrogen (secondary N) is 1. The van der Waals surface area contributed by atoms with Gasteiger partial charge in [-0.05, 0) is 24.3 Å². The van der Waals surface area contributed by atoms with Gasteiger partial charge < -0.3 is 4.74 Å². The maximum absolute atomic E-state index is 12.2. The molecule has 0 saturated carbocycles. The van der Waals surface area contributed by atoms with Gasteiger partial charge in [0.05, 0.1) is 13.3 Å². The smallest absolute Gasteiger partial charge is 0.280 e.